The number of nitrogens with two attached hydrogens (primary N) is 2. The fourth-order valence-electron chi connectivity index (χ4n) is 2.20. The summed E-state index contributed by atoms with van der Waals surface area (Å²) in [4.78, 5) is 0. The van der Waals surface area contributed by atoms with E-state index in [4.69, 9.17) is 11.5 Å². The van der Waals surface area contributed by atoms with E-state index in [1.807, 2.05) is 12.1 Å². The van der Waals surface area contributed by atoms with Gasteiger partial charge in [-0.3, -0.25) is 0 Å². The Morgan fingerprint density at radius 3 is 2.22 bits per heavy atom. The zero-order valence-corrected chi connectivity index (χ0v) is 11.6. The molecule has 101 valence electrons. The van der Waals surface area contributed by atoms with Crippen molar-refractivity contribution in [3.05, 3.63) is 30.2 Å². The SMILES string of the molecule is CCCCCCC[CH]CCc1cc(N)cc(N)c1. The molecule has 2 nitrogen and oxygen atoms in total. The summed E-state index contributed by atoms with van der Waals surface area (Å²) in [6.07, 6.45) is 12.6. The number of hydrogen-bond acceptors (Lipinski definition) is 2. The van der Waals surface area contributed by atoms with Gasteiger partial charge in [-0.15, -0.1) is 0 Å². The molecule has 0 aliphatic heterocycles. The topological polar surface area (TPSA) is 52.0 Å². The van der Waals surface area contributed by atoms with Crippen molar-refractivity contribution in [3.8, 4) is 0 Å². The zero-order chi connectivity index (χ0) is 13.2. The molecule has 2 heteroatoms. The quantitative estimate of drug-likeness (QED) is 0.503. The second-order valence-corrected chi connectivity index (χ2v) is 5.04. The average molecular weight is 247 g/mol. The molecule has 0 saturated heterocycles. The van der Waals surface area contributed by atoms with Crippen LogP contribution in [0.3, 0.4) is 0 Å². The molecule has 1 aromatic rings. The van der Waals surface area contributed by atoms with Crippen LogP contribution < -0.4 is 11.5 Å². The molecule has 0 aliphatic rings. The first-order chi connectivity index (χ1) is 8.72. The standard InChI is InChI=1S/C16H27N2/c1-2-3-4-5-6-7-8-9-10-14-11-15(17)13-16(18)12-14/h8,11-13H,2-7,9-10,17-18H2,1H3. The normalized spacial score (nSPS) is 10.7. The van der Waals surface area contributed by atoms with Gasteiger partial charge in [-0.25, -0.2) is 0 Å². The van der Waals surface area contributed by atoms with Gasteiger partial charge in [0.05, 0.1) is 0 Å². The molecule has 0 fully saturated rings. The number of benzene rings is 1. The first-order valence-electron chi connectivity index (χ1n) is 7.19. The van der Waals surface area contributed by atoms with E-state index in [-0.39, 0.29) is 0 Å². The summed E-state index contributed by atoms with van der Waals surface area (Å²) in [6, 6.07) is 5.85. The maximum Gasteiger partial charge on any atom is 0.0337 e. The van der Waals surface area contributed by atoms with Crippen LogP contribution in [0.25, 0.3) is 0 Å². The Balaban J connectivity index is 2.07. The summed E-state index contributed by atoms with van der Waals surface area (Å²) in [5.74, 6) is 0. The minimum atomic E-state index is 0.768. The van der Waals surface area contributed by atoms with Crippen LogP contribution in [0.1, 0.15) is 57.4 Å². The lowest BCUT2D eigenvalue weighted by atomic mass is 10.0. The summed E-state index contributed by atoms with van der Waals surface area (Å²) in [5.41, 5.74) is 14.3. The van der Waals surface area contributed by atoms with Crippen molar-refractivity contribution in [1.82, 2.24) is 0 Å². The fraction of sp³-hybridized carbons (Fsp3) is 0.562. The van der Waals surface area contributed by atoms with Gasteiger partial charge < -0.3 is 11.5 Å². The number of unbranched alkanes of at least 4 members (excludes halogenated alkanes) is 7. The molecule has 0 aromatic heterocycles. The molecule has 0 unspecified atom stereocenters. The Morgan fingerprint density at radius 1 is 0.889 bits per heavy atom. The molecule has 1 radical (unpaired) electrons. The lowest BCUT2D eigenvalue weighted by Gasteiger charge is -2.05. The maximum atomic E-state index is 5.77. The van der Waals surface area contributed by atoms with Gasteiger partial charge in [0, 0.05) is 11.4 Å². The van der Waals surface area contributed by atoms with Gasteiger partial charge in [-0.2, -0.15) is 0 Å². The lowest BCUT2D eigenvalue weighted by molar-refractivity contribution is 0.622. The molecule has 0 heterocycles. The highest BCUT2D eigenvalue weighted by molar-refractivity contribution is 5.54. The second-order valence-electron chi connectivity index (χ2n) is 5.04. The average Bonchev–Trinajstić information content (AvgIpc) is 2.31. The van der Waals surface area contributed by atoms with E-state index in [1.165, 1.54) is 44.1 Å². The molecule has 0 atom stereocenters. The Kier molecular flexibility index (Phi) is 7.31. The Hall–Kier alpha value is -1.18. The van der Waals surface area contributed by atoms with E-state index in [0.717, 1.165) is 24.2 Å². The van der Waals surface area contributed by atoms with Crippen molar-refractivity contribution in [1.29, 1.82) is 0 Å². The predicted octanol–water partition coefficient (Wildman–Crippen LogP) is 4.35. The second kappa shape index (κ2) is 8.84. The molecule has 18 heavy (non-hydrogen) atoms. The fourth-order valence-corrected chi connectivity index (χ4v) is 2.20. The van der Waals surface area contributed by atoms with Crippen LogP contribution in [0.15, 0.2) is 18.2 Å². The minimum absolute atomic E-state index is 0.768. The van der Waals surface area contributed by atoms with Crippen LogP contribution in [0.2, 0.25) is 0 Å². The van der Waals surface area contributed by atoms with Crippen LogP contribution in [0.4, 0.5) is 11.4 Å². The first-order valence-corrected chi connectivity index (χ1v) is 7.19. The molecule has 4 N–H and O–H groups in total. The molecular formula is C16H27N2. The Morgan fingerprint density at radius 2 is 1.56 bits per heavy atom. The molecule has 0 amide bonds. The van der Waals surface area contributed by atoms with E-state index < -0.39 is 0 Å². The van der Waals surface area contributed by atoms with E-state index in [1.54, 1.807) is 6.07 Å². The van der Waals surface area contributed by atoms with Crippen LogP contribution >= 0.6 is 0 Å². The van der Waals surface area contributed by atoms with E-state index in [0.29, 0.717) is 0 Å². The van der Waals surface area contributed by atoms with Crippen molar-refractivity contribution in [2.24, 2.45) is 0 Å². The van der Waals surface area contributed by atoms with Crippen LogP contribution in [-0.4, -0.2) is 0 Å². The molecule has 1 rings (SSSR count). The van der Waals surface area contributed by atoms with Gasteiger partial charge in [0.2, 0.25) is 0 Å². The van der Waals surface area contributed by atoms with Crippen LogP contribution in [0.5, 0.6) is 0 Å². The van der Waals surface area contributed by atoms with E-state index in [2.05, 4.69) is 13.3 Å². The summed E-state index contributed by atoms with van der Waals surface area (Å²) >= 11 is 0. The minimum Gasteiger partial charge on any atom is -0.399 e. The predicted molar refractivity (Wildman–Crippen MR) is 81.3 cm³/mol. The number of rotatable bonds is 9. The van der Waals surface area contributed by atoms with Crippen LogP contribution in [-0.2, 0) is 6.42 Å². The highest BCUT2D eigenvalue weighted by Gasteiger charge is 1.97. The summed E-state index contributed by atoms with van der Waals surface area (Å²) in [7, 11) is 0. The highest BCUT2D eigenvalue weighted by atomic mass is 14.6. The van der Waals surface area contributed by atoms with E-state index >= 15 is 0 Å². The van der Waals surface area contributed by atoms with Crippen molar-refractivity contribution in [2.45, 2.75) is 58.3 Å². The Labute approximate surface area is 112 Å². The smallest absolute Gasteiger partial charge is 0.0337 e. The van der Waals surface area contributed by atoms with E-state index in [9.17, 15) is 0 Å². The van der Waals surface area contributed by atoms with Crippen LogP contribution in [0, 0.1) is 6.42 Å². The summed E-state index contributed by atoms with van der Waals surface area (Å²) < 4.78 is 0. The van der Waals surface area contributed by atoms with Gasteiger partial charge >= 0.3 is 0 Å². The molecule has 1 aromatic carbocycles. The maximum absolute atomic E-state index is 5.77. The first kappa shape index (κ1) is 14.9. The van der Waals surface area contributed by atoms with Gasteiger partial charge in [0.25, 0.3) is 0 Å². The molecule has 0 bridgehead atoms. The molecular weight excluding hydrogens is 220 g/mol. The zero-order valence-electron chi connectivity index (χ0n) is 11.6. The summed E-state index contributed by atoms with van der Waals surface area (Å²) in [5, 5.41) is 0. The number of anilines is 2. The van der Waals surface area contributed by atoms with Crippen molar-refractivity contribution < 1.29 is 0 Å². The Bertz CT molecular complexity index is 314. The molecule has 0 aliphatic carbocycles. The van der Waals surface area contributed by atoms with Crippen molar-refractivity contribution in [3.63, 3.8) is 0 Å². The third kappa shape index (κ3) is 6.53. The largest absolute Gasteiger partial charge is 0.399 e. The monoisotopic (exact) mass is 247 g/mol. The lowest BCUT2D eigenvalue weighted by Crippen LogP contribution is -1.94. The third-order valence-electron chi connectivity index (χ3n) is 3.19. The highest BCUT2D eigenvalue weighted by Crippen LogP contribution is 2.16. The molecule has 0 spiro atoms. The molecule has 0 saturated carbocycles. The third-order valence-corrected chi connectivity index (χ3v) is 3.19. The van der Waals surface area contributed by atoms with Gasteiger partial charge in [-0.05, 0) is 43.0 Å². The number of aryl methyl sites for hydroxylation is 1. The van der Waals surface area contributed by atoms with Crippen molar-refractivity contribution >= 4 is 11.4 Å². The number of nitrogen functional groups attached to an aromatic ring is 2. The van der Waals surface area contributed by atoms with Crippen molar-refractivity contribution in [2.75, 3.05) is 11.5 Å². The van der Waals surface area contributed by atoms with Gasteiger partial charge in [0.1, 0.15) is 0 Å². The van der Waals surface area contributed by atoms with Gasteiger partial charge in [-0.1, -0.05) is 45.4 Å². The summed E-state index contributed by atoms with van der Waals surface area (Å²) in [6.45, 7) is 2.25. The number of hydrogen-bond donors (Lipinski definition) is 2. The van der Waals surface area contributed by atoms with Gasteiger partial charge in [0.15, 0.2) is 0 Å².